The van der Waals surface area contributed by atoms with E-state index in [9.17, 15) is 26.8 Å². The summed E-state index contributed by atoms with van der Waals surface area (Å²) in [5.41, 5.74) is -1.24. The number of fused-ring (bicyclic) bond motifs is 2. The summed E-state index contributed by atoms with van der Waals surface area (Å²) in [5, 5.41) is 11.2. The smallest absolute Gasteiger partial charge is 0.416 e. The quantitative estimate of drug-likeness (QED) is 0.699. The lowest BCUT2D eigenvalue weighted by molar-refractivity contribution is -0.170. The van der Waals surface area contributed by atoms with Gasteiger partial charge in [0, 0.05) is 24.9 Å². The third-order valence-corrected chi connectivity index (χ3v) is 7.22. The van der Waals surface area contributed by atoms with Crippen LogP contribution in [0.15, 0.2) is 53.4 Å². The Labute approximate surface area is 178 Å². The zero-order valence-electron chi connectivity index (χ0n) is 16.5. The summed E-state index contributed by atoms with van der Waals surface area (Å²) in [6, 6.07) is 10.2. The van der Waals surface area contributed by atoms with Crippen LogP contribution in [0.1, 0.15) is 24.8 Å². The van der Waals surface area contributed by atoms with E-state index in [1.165, 1.54) is 29.3 Å². The summed E-state index contributed by atoms with van der Waals surface area (Å²) in [5.74, 6) is 0.0672. The molecule has 1 heterocycles. The van der Waals surface area contributed by atoms with Crippen LogP contribution in [-0.2, 0) is 16.2 Å². The second kappa shape index (κ2) is 8.33. The Kier molecular flexibility index (Phi) is 5.89. The molecule has 2 aromatic carbocycles. The maximum absolute atomic E-state index is 13.3. The minimum atomic E-state index is -4.63. The first-order valence-electron chi connectivity index (χ1n) is 10.0. The number of ether oxygens (including phenoxy) is 1. The SMILES string of the molecule is O=S(=O)(Nc1cc(C(F)(F)F)ccc1OC1[C@H]2CCC[C@H]1CN(O)C2)c1ccccc1. The van der Waals surface area contributed by atoms with Crippen molar-refractivity contribution in [2.24, 2.45) is 11.8 Å². The van der Waals surface area contributed by atoms with Crippen molar-refractivity contribution in [3.63, 3.8) is 0 Å². The molecule has 1 aliphatic heterocycles. The van der Waals surface area contributed by atoms with Gasteiger partial charge < -0.3 is 9.94 Å². The van der Waals surface area contributed by atoms with Crippen molar-refractivity contribution in [2.45, 2.75) is 36.4 Å². The molecule has 2 atom stereocenters. The van der Waals surface area contributed by atoms with Crippen LogP contribution in [0.3, 0.4) is 0 Å². The number of nitrogens with zero attached hydrogens (tertiary/aromatic N) is 1. The zero-order chi connectivity index (χ0) is 22.2. The van der Waals surface area contributed by atoms with Crippen LogP contribution in [0.25, 0.3) is 0 Å². The number of anilines is 1. The second-order valence-corrected chi connectivity index (χ2v) is 9.71. The minimum Gasteiger partial charge on any atom is -0.488 e. The predicted molar refractivity (Wildman–Crippen MR) is 107 cm³/mol. The van der Waals surface area contributed by atoms with Crippen molar-refractivity contribution in [2.75, 3.05) is 17.8 Å². The molecule has 2 fully saturated rings. The van der Waals surface area contributed by atoms with E-state index in [0.717, 1.165) is 37.5 Å². The monoisotopic (exact) mass is 456 g/mol. The Morgan fingerprint density at radius 1 is 1.03 bits per heavy atom. The highest BCUT2D eigenvalue weighted by Crippen LogP contribution is 2.41. The van der Waals surface area contributed by atoms with Gasteiger partial charge >= 0.3 is 6.18 Å². The molecule has 1 saturated heterocycles. The largest absolute Gasteiger partial charge is 0.488 e. The number of rotatable bonds is 5. The Morgan fingerprint density at radius 2 is 1.68 bits per heavy atom. The van der Waals surface area contributed by atoms with Crippen molar-refractivity contribution in [1.82, 2.24) is 5.06 Å². The molecular weight excluding hydrogens is 433 g/mol. The van der Waals surface area contributed by atoms with E-state index < -0.39 is 21.8 Å². The number of alkyl halides is 3. The summed E-state index contributed by atoms with van der Waals surface area (Å²) in [6.07, 6.45) is -2.31. The number of hydrogen-bond acceptors (Lipinski definition) is 5. The summed E-state index contributed by atoms with van der Waals surface area (Å²) in [4.78, 5) is -0.0659. The first-order valence-corrected chi connectivity index (χ1v) is 11.5. The molecule has 1 saturated carbocycles. The Morgan fingerprint density at radius 3 is 2.29 bits per heavy atom. The first kappa shape index (κ1) is 21.9. The van der Waals surface area contributed by atoms with Crippen molar-refractivity contribution >= 4 is 15.7 Å². The number of piperidine rings is 1. The zero-order valence-corrected chi connectivity index (χ0v) is 17.4. The van der Waals surface area contributed by atoms with Gasteiger partial charge in [-0.1, -0.05) is 24.6 Å². The van der Waals surface area contributed by atoms with Gasteiger partial charge in [-0.15, -0.1) is 0 Å². The summed E-state index contributed by atoms with van der Waals surface area (Å²) < 4.78 is 73.8. The normalized spacial score (nSPS) is 24.6. The van der Waals surface area contributed by atoms with E-state index in [0.29, 0.717) is 13.1 Å². The van der Waals surface area contributed by atoms with Crippen molar-refractivity contribution in [3.05, 3.63) is 54.1 Å². The topological polar surface area (TPSA) is 78.9 Å². The number of benzene rings is 2. The number of sulfonamides is 1. The molecule has 0 radical (unpaired) electrons. The molecule has 2 aromatic rings. The standard InChI is InChI=1S/C21H23F3N2O4S/c22-21(23,24)16-9-10-19(30-20-14-5-4-6-15(20)13-26(27)12-14)18(11-16)25-31(28,29)17-7-2-1-3-8-17/h1-3,7-11,14-15,20,25,27H,4-6,12-13H2/t14-,15-/m0/s1. The molecular formula is C21H23F3N2O4S. The Hall–Kier alpha value is -2.30. The van der Waals surface area contributed by atoms with Crippen LogP contribution in [0.2, 0.25) is 0 Å². The molecule has 6 nitrogen and oxygen atoms in total. The molecule has 0 spiro atoms. The van der Waals surface area contributed by atoms with Gasteiger partial charge in [-0.2, -0.15) is 18.2 Å². The number of hydroxylamine groups is 2. The van der Waals surface area contributed by atoms with Crippen LogP contribution in [0.4, 0.5) is 18.9 Å². The molecule has 31 heavy (non-hydrogen) atoms. The average molecular weight is 456 g/mol. The lowest BCUT2D eigenvalue weighted by Gasteiger charge is -2.45. The van der Waals surface area contributed by atoms with Crippen molar-refractivity contribution < 1.29 is 31.5 Å². The summed E-state index contributed by atoms with van der Waals surface area (Å²) >= 11 is 0. The summed E-state index contributed by atoms with van der Waals surface area (Å²) in [7, 11) is -4.11. The fourth-order valence-electron chi connectivity index (χ4n) is 4.39. The van der Waals surface area contributed by atoms with Gasteiger partial charge in [0.05, 0.1) is 16.1 Å². The molecule has 4 rings (SSSR count). The fourth-order valence-corrected chi connectivity index (χ4v) is 5.48. The van der Waals surface area contributed by atoms with Gasteiger partial charge in [0.25, 0.3) is 10.0 Å². The number of hydrogen-bond donors (Lipinski definition) is 2. The molecule has 10 heteroatoms. The third-order valence-electron chi connectivity index (χ3n) is 5.84. The highest BCUT2D eigenvalue weighted by Gasteiger charge is 2.41. The van der Waals surface area contributed by atoms with Gasteiger partial charge in [0.15, 0.2) is 0 Å². The molecule has 2 aliphatic rings. The van der Waals surface area contributed by atoms with Crippen molar-refractivity contribution in [1.29, 1.82) is 0 Å². The summed E-state index contributed by atoms with van der Waals surface area (Å²) in [6.45, 7) is 0.819. The van der Waals surface area contributed by atoms with Crippen molar-refractivity contribution in [3.8, 4) is 5.75 Å². The molecule has 0 amide bonds. The minimum absolute atomic E-state index is 0.0124. The average Bonchev–Trinajstić information content (AvgIpc) is 2.69. The Balaban J connectivity index is 1.68. The van der Waals surface area contributed by atoms with E-state index in [4.69, 9.17) is 4.74 Å². The van der Waals surface area contributed by atoms with Gasteiger partial charge in [0.1, 0.15) is 11.9 Å². The molecule has 1 aliphatic carbocycles. The molecule has 2 N–H and O–H groups in total. The molecule has 2 bridgehead atoms. The van der Waals surface area contributed by atoms with E-state index in [1.807, 2.05) is 0 Å². The van der Waals surface area contributed by atoms with Gasteiger partial charge in [-0.25, -0.2) is 8.42 Å². The number of halogens is 3. The maximum Gasteiger partial charge on any atom is 0.416 e. The molecule has 0 aromatic heterocycles. The van der Waals surface area contributed by atoms with Crippen LogP contribution in [0.5, 0.6) is 5.75 Å². The Bertz CT molecular complexity index is 1020. The molecule has 168 valence electrons. The van der Waals surface area contributed by atoms with Crippen LogP contribution in [-0.4, -0.2) is 37.9 Å². The maximum atomic E-state index is 13.3. The lowest BCUT2D eigenvalue weighted by atomic mass is 9.76. The van der Waals surface area contributed by atoms with E-state index >= 15 is 0 Å². The van der Waals surface area contributed by atoms with E-state index in [-0.39, 0.29) is 34.3 Å². The van der Waals surface area contributed by atoms with Gasteiger partial charge in [-0.3, -0.25) is 4.72 Å². The van der Waals surface area contributed by atoms with Gasteiger partial charge in [0.2, 0.25) is 0 Å². The fraction of sp³-hybridized carbons (Fsp3) is 0.429. The van der Waals surface area contributed by atoms with Crippen LogP contribution >= 0.6 is 0 Å². The second-order valence-electron chi connectivity index (χ2n) is 8.03. The van der Waals surface area contributed by atoms with Crippen LogP contribution in [0, 0.1) is 11.8 Å². The first-order chi connectivity index (χ1) is 14.6. The highest BCUT2D eigenvalue weighted by atomic mass is 32.2. The highest BCUT2D eigenvalue weighted by molar-refractivity contribution is 7.92. The van der Waals surface area contributed by atoms with E-state index in [1.54, 1.807) is 6.07 Å². The van der Waals surface area contributed by atoms with Gasteiger partial charge in [-0.05, 0) is 43.2 Å². The molecule has 0 unspecified atom stereocenters. The third kappa shape index (κ3) is 4.81. The van der Waals surface area contributed by atoms with E-state index in [2.05, 4.69) is 4.72 Å². The lowest BCUT2D eigenvalue weighted by Crippen LogP contribution is -2.52. The predicted octanol–water partition coefficient (Wildman–Crippen LogP) is 4.37. The number of nitrogens with one attached hydrogen (secondary N) is 1. The van der Waals surface area contributed by atoms with Crippen LogP contribution < -0.4 is 9.46 Å².